The number of carbonyl (C=O) groups is 2. The van der Waals surface area contributed by atoms with Crippen molar-refractivity contribution >= 4 is 17.5 Å². The van der Waals surface area contributed by atoms with E-state index in [-0.39, 0.29) is 11.8 Å². The number of hydrogen-bond donors (Lipinski definition) is 1. The van der Waals surface area contributed by atoms with E-state index >= 15 is 0 Å². The van der Waals surface area contributed by atoms with Gasteiger partial charge in [0.05, 0.1) is 5.41 Å². The molecule has 1 unspecified atom stereocenters. The highest BCUT2D eigenvalue weighted by Gasteiger charge is 2.41. The van der Waals surface area contributed by atoms with Crippen LogP contribution in [0.1, 0.15) is 45.6 Å². The summed E-state index contributed by atoms with van der Waals surface area (Å²) in [5, 5.41) is 2.97. The van der Waals surface area contributed by atoms with Crippen molar-refractivity contribution in [2.45, 2.75) is 40.0 Å². The van der Waals surface area contributed by atoms with Gasteiger partial charge in [0.15, 0.2) is 0 Å². The zero-order chi connectivity index (χ0) is 15.6. The van der Waals surface area contributed by atoms with Crippen LogP contribution in [-0.4, -0.2) is 29.8 Å². The summed E-state index contributed by atoms with van der Waals surface area (Å²) in [4.78, 5) is 25.6. The molecule has 1 fully saturated rings. The van der Waals surface area contributed by atoms with Gasteiger partial charge < -0.3 is 10.2 Å². The molecule has 2 rings (SSSR count). The van der Waals surface area contributed by atoms with E-state index in [1.54, 1.807) is 11.8 Å². The first kappa shape index (κ1) is 15.5. The van der Waals surface area contributed by atoms with E-state index in [4.69, 9.17) is 0 Å². The summed E-state index contributed by atoms with van der Waals surface area (Å²) in [6.07, 6.45) is 0.711. The lowest BCUT2D eigenvalue weighted by atomic mass is 9.88. The van der Waals surface area contributed by atoms with Crippen LogP contribution < -0.4 is 5.32 Å². The summed E-state index contributed by atoms with van der Waals surface area (Å²) < 4.78 is 0. The molecule has 4 heteroatoms. The Kier molecular flexibility index (Phi) is 4.35. The van der Waals surface area contributed by atoms with E-state index in [0.717, 1.165) is 5.69 Å². The van der Waals surface area contributed by atoms with Crippen LogP contribution in [0.15, 0.2) is 24.3 Å². The van der Waals surface area contributed by atoms with E-state index in [9.17, 15) is 9.59 Å². The fraction of sp³-hybridized carbons (Fsp3) is 0.529. The molecule has 0 saturated carbocycles. The molecule has 21 heavy (non-hydrogen) atoms. The van der Waals surface area contributed by atoms with Crippen molar-refractivity contribution < 1.29 is 9.59 Å². The molecule has 1 aliphatic rings. The Morgan fingerprint density at radius 3 is 2.33 bits per heavy atom. The third-order valence-electron chi connectivity index (χ3n) is 4.30. The Morgan fingerprint density at radius 1 is 1.24 bits per heavy atom. The van der Waals surface area contributed by atoms with Crippen LogP contribution in [0.3, 0.4) is 0 Å². The molecule has 0 radical (unpaired) electrons. The largest absolute Gasteiger partial charge is 0.342 e. The molecule has 2 amide bonds. The first-order chi connectivity index (χ1) is 9.82. The molecule has 1 heterocycles. The predicted octanol–water partition coefficient (Wildman–Crippen LogP) is 3.01. The Bertz CT molecular complexity index is 536. The van der Waals surface area contributed by atoms with Gasteiger partial charge in [-0.3, -0.25) is 9.59 Å². The molecule has 1 aliphatic heterocycles. The van der Waals surface area contributed by atoms with Gasteiger partial charge in [0.1, 0.15) is 0 Å². The Morgan fingerprint density at radius 2 is 1.86 bits per heavy atom. The fourth-order valence-corrected chi connectivity index (χ4v) is 2.65. The summed E-state index contributed by atoms with van der Waals surface area (Å²) in [6.45, 7) is 8.92. The average molecular weight is 288 g/mol. The Labute approximate surface area is 126 Å². The fourth-order valence-electron chi connectivity index (χ4n) is 2.65. The van der Waals surface area contributed by atoms with Gasteiger partial charge >= 0.3 is 0 Å². The lowest BCUT2D eigenvalue weighted by Crippen LogP contribution is -2.37. The van der Waals surface area contributed by atoms with Crippen molar-refractivity contribution in [2.75, 3.05) is 18.4 Å². The molecule has 1 aromatic rings. The van der Waals surface area contributed by atoms with Crippen LogP contribution in [-0.2, 0) is 9.59 Å². The SMILES string of the molecule is CC(=O)N1CCC(C)(C(=O)Nc2ccc(C(C)C)cc2)C1. The summed E-state index contributed by atoms with van der Waals surface area (Å²) >= 11 is 0. The lowest BCUT2D eigenvalue weighted by Gasteiger charge is -2.23. The molecule has 1 aromatic carbocycles. The highest BCUT2D eigenvalue weighted by Crippen LogP contribution is 2.31. The second kappa shape index (κ2) is 5.88. The van der Waals surface area contributed by atoms with Crippen molar-refractivity contribution in [3.05, 3.63) is 29.8 Å². The molecule has 114 valence electrons. The summed E-state index contributed by atoms with van der Waals surface area (Å²) in [6, 6.07) is 7.96. The van der Waals surface area contributed by atoms with E-state index in [1.165, 1.54) is 5.56 Å². The maximum absolute atomic E-state index is 12.5. The first-order valence-electron chi connectivity index (χ1n) is 7.49. The van der Waals surface area contributed by atoms with Gasteiger partial charge in [0.2, 0.25) is 11.8 Å². The van der Waals surface area contributed by atoms with Gasteiger partial charge in [0, 0.05) is 25.7 Å². The van der Waals surface area contributed by atoms with Gasteiger partial charge in [0.25, 0.3) is 0 Å². The van der Waals surface area contributed by atoms with Gasteiger partial charge in [-0.2, -0.15) is 0 Å². The van der Waals surface area contributed by atoms with Gasteiger partial charge in [-0.05, 0) is 37.0 Å². The molecule has 4 nitrogen and oxygen atoms in total. The predicted molar refractivity (Wildman–Crippen MR) is 84.1 cm³/mol. The third kappa shape index (κ3) is 3.43. The minimum Gasteiger partial charge on any atom is -0.342 e. The number of amides is 2. The Balaban J connectivity index is 2.03. The van der Waals surface area contributed by atoms with E-state index in [2.05, 4.69) is 19.2 Å². The summed E-state index contributed by atoms with van der Waals surface area (Å²) in [7, 11) is 0. The van der Waals surface area contributed by atoms with E-state index in [0.29, 0.717) is 25.4 Å². The highest BCUT2D eigenvalue weighted by molar-refractivity contribution is 5.96. The molecule has 1 N–H and O–H groups in total. The van der Waals surface area contributed by atoms with Crippen molar-refractivity contribution in [3.63, 3.8) is 0 Å². The standard InChI is InChI=1S/C17H24N2O2/c1-12(2)14-5-7-15(8-6-14)18-16(21)17(4)9-10-19(11-17)13(3)20/h5-8,12H,9-11H2,1-4H3,(H,18,21). The number of nitrogens with zero attached hydrogens (tertiary/aromatic N) is 1. The van der Waals surface area contributed by atoms with Crippen LogP contribution in [0.25, 0.3) is 0 Å². The lowest BCUT2D eigenvalue weighted by molar-refractivity contribution is -0.129. The van der Waals surface area contributed by atoms with Crippen molar-refractivity contribution in [3.8, 4) is 0 Å². The zero-order valence-electron chi connectivity index (χ0n) is 13.3. The molecular weight excluding hydrogens is 264 g/mol. The van der Waals surface area contributed by atoms with Crippen LogP contribution in [0.4, 0.5) is 5.69 Å². The summed E-state index contributed by atoms with van der Waals surface area (Å²) in [5.74, 6) is 0.502. The minimum absolute atomic E-state index is 0.0106. The average Bonchev–Trinajstić information content (AvgIpc) is 2.83. The van der Waals surface area contributed by atoms with Crippen molar-refractivity contribution in [1.29, 1.82) is 0 Å². The number of carbonyl (C=O) groups excluding carboxylic acids is 2. The highest BCUT2D eigenvalue weighted by atomic mass is 16.2. The molecule has 1 saturated heterocycles. The van der Waals surface area contributed by atoms with Crippen LogP contribution in [0, 0.1) is 5.41 Å². The third-order valence-corrected chi connectivity index (χ3v) is 4.30. The van der Waals surface area contributed by atoms with E-state index < -0.39 is 5.41 Å². The Hall–Kier alpha value is -1.84. The second-order valence-corrected chi connectivity index (χ2v) is 6.48. The topological polar surface area (TPSA) is 49.4 Å². The number of likely N-dealkylation sites (tertiary alicyclic amines) is 1. The summed E-state index contributed by atoms with van der Waals surface area (Å²) in [5.41, 5.74) is 1.57. The first-order valence-corrected chi connectivity index (χ1v) is 7.49. The van der Waals surface area contributed by atoms with Crippen LogP contribution in [0.2, 0.25) is 0 Å². The maximum atomic E-state index is 12.5. The molecule has 0 aromatic heterocycles. The van der Waals surface area contributed by atoms with Crippen molar-refractivity contribution in [2.24, 2.45) is 5.41 Å². The number of anilines is 1. The normalized spacial score (nSPS) is 21.7. The number of hydrogen-bond acceptors (Lipinski definition) is 2. The monoisotopic (exact) mass is 288 g/mol. The minimum atomic E-state index is -0.498. The van der Waals surface area contributed by atoms with Gasteiger partial charge in [-0.25, -0.2) is 0 Å². The molecule has 1 atom stereocenters. The zero-order valence-corrected chi connectivity index (χ0v) is 13.3. The molecule has 0 aliphatic carbocycles. The smallest absolute Gasteiger partial charge is 0.232 e. The van der Waals surface area contributed by atoms with Gasteiger partial charge in [-0.15, -0.1) is 0 Å². The van der Waals surface area contributed by atoms with E-state index in [1.807, 2.05) is 31.2 Å². The van der Waals surface area contributed by atoms with Crippen molar-refractivity contribution in [1.82, 2.24) is 4.90 Å². The number of nitrogens with one attached hydrogen (secondary N) is 1. The van der Waals surface area contributed by atoms with Crippen LogP contribution in [0.5, 0.6) is 0 Å². The van der Waals surface area contributed by atoms with Crippen LogP contribution >= 0.6 is 0 Å². The molecule has 0 bridgehead atoms. The molecule has 0 spiro atoms. The number of benzene rings is 1. The second-order valence-electron chi connectivity index (χ2n) is 6.48. The number of rotatable bonds is 3. The molecular formula is C17H24N2O2. The maximum Gasteiger partial charge on any atom is 0.232 e. The van der Waals surface area contributed by atoms with Gasteiger partial charge in [-0.1, -0.05) is 26.0 Å². The quantitative estimate of drug-likeness (QED) is 0.929.